The number of benzene rings is 1. The second kappa shape index (κ2) is 4.99. The number of aliphatic carboxylic acids is 1. The van der Waals surface area contributed by atoms with Crippen molar-refractivity contribution in [1.29, 1.82) is 5.26 Å². The summed E-state index contributed by atoms with van der Waals surface area (Å²) in [6.45, 7) is 0.613. The zero-order valence-electron chi connectivity index (χ0n) is 10.8. The van der Waals surface area contributed by atoms with Crippen LogP contribution in [0, 0.1) is 11.3 Å². The van der Waals surface area contributed by atoms with Gasteiger partial charge in [0.05, 0.1) is 17.7 Å². The summed E-state index contributed by atoms with van der Waals surface area (Å²) >= 11 is 0. The van der Waals surface area contributed by atoms with E-state index in [-0.39, 0.29) is 6.10 Å². The monoisotopic (exact) mass is 270 g/mol. The maximum absolute atomic E-state index is 10.9. The van der Waals surface area contributed by atoms with Gasteiger partial charge in [0.2, 0.25) is 0 Å². The van der Waals surface area contributed by atoms with Crippen molar-refractivity contribution in [3.63, 3.8) is 0 Å². The molecule has 2 heterocycles. The lowest BCUT2D eigenvalue weighted by Crippen LogP contribution is -2.22. The first-order chi connectivity index (χ1) is 9.67. The summed E-state index contributed by atoms with van der Waals surface area (Å²) in [5.41, 5.74) is 1.60. The van der Waals surface area contributed by atoms with Crippen molar-refractivity contribution in [2.45, 2.75) is 31.6 Å². The molecule has 1 fully saturated rings. The molecule has 0 saturated carbocycles. The molecular formula is C15H14N2O3. The maximum atomic E-state index is 10.9. The number of ether oxygens (including phenoxy) is 1. The SMILES string of the molecule is N#Cc1ccc2ccn(CC3CCC(C(=O)O)O3)c2c1. The summed E-state index contributed by atoms with van der Waals surface area (Å²) in [6.07, 6.45) is 2.48. The third-order valence-electron chi connectivity index (χ3n) is 3.69. The third kappa shape index (κ3) is 2.26. The third-order valence-corrected chi connectivity index (χ3v) is 3.69. The van der Waals surface area contributed by atoms with Crippen molar-refractivity contribution < 1.29 is 14.6 Å². The number of hydrogen-bond donors (Lipinski definition) is 1. The van der Waals surface area contributed by atoms with Crippen LogP contribution in [0.15, 0.2) is 30.5 Å². The largest absolute Gasteiger partial charge is 0.479 e. The van der Waals surface area contributed by atoms with Gasteiger partial charge < -0.3 is 14.4 Å². The molecule has 0 radical (unpaired) electrons. The molecule has 1 aromatic carbocycles. The first kappa shape index (κ1) is 12.7. The molecule has 20 heavy (non-hydrogen) atoms. The first-order valence-corrected chi connectivity index (χ1v) is 6.54. The number of aromatic nitrogens is 1. The molecule has 1 aromatic heterocycles. The first-order valence-electron chi connectivity index (χ1n) is 6.54. The Morgan fingerprint density at radius 2 is 2.30 bits per heavy atom. The van der Waals surface area contributed by atoms with Crippen LogP contribution in [-0.2, 0) is 16.1 Å². The van der Waals surface area contributed by atoms with Gasteiger partial charge in [-0.1, -0.05) is 6.07 Å². The van der Waals surface area contributed by atoms with Crippen LogP contribution in [0.5, 0.6) is 0 Å². The second-order valence-electron chi connectivity index (χ2n) is 5.02. The summed E-state index contributed by atoms with van der Waals surface area (Å²) in [4.78, 5) is 10.9. The fourth-order valence-corrected chi connectivity index (χ4v) is 2.65. The predicted octanol–water partition coefficient (Wildman–Crippen LogP) is 2.15. The lowest BCUT2D eigenvalue weighted by atomic mass is 10.1. The summed E-state index contributed by atoms with van der Waals surface area (Å²) in [5.74, 6) is -0.892. The number of carboxylic acids is 1. The Morgan fingerprint density at radius 3 is 3.00 bits per heavy atom. The number of nitriles is 1. The van der Waals surface area contributed by atoms with Crippen molar-refractivity contribution in [2.24, 2.45) is 0 Å². The van der Waals surface area contributed by atoms with Crippen molar-refractivity contribution in [1.82, 2.24) is 4.57 Å². The van der Waals surface area contributed by atoms with E-state index in [1.807, 2.05) is 29.0 Å². The Labute approximate surface area is 116 Å². The fraction of sp³-hybridized carbons (Fsp3) is 0.333. The molecule has 0 bridgehead atoms. The lowest BCUT2D eigenvalue weighted by molar-refractivity contribution is -0.149. The van der Waals surface area contributed by atoms with Crippen LogP contribution in [0.25, 0.3) is 10.9 Å². The Balaban J connectivity index is 1.81. The molecule has 1 saturated heterocycles. The number of hydrogen-bond acceptors (Lipinski definition) is 3. The van der Waals surface area contributed by atoms with Crippen LogP contribution in [0.2, 0.25) is 0 Å². The van der Waals surface area contributed by atoms with E-state index in [4.69, 9.17) is 15.1 Å². The number of fused-ring (bicyclic) bond motifs is 1. The second-order valence-corrected chi connectivity index (χ2v) is 5.02. The van der Waals surface area contributed by atoms with Gasteiger partial charge in [-0.15, -0.1) is 0 Å². The highest BCUT2D eigenvalue weighted by molar-refractivity contribution is 5.81. The molecule has 2 atom stereocenters. The molecule has 0 aliphatic carbocycles. The number of carbonyl (C=O) groups is 1. The highest BCUT2D eigenvalue weighted by Gasteiger charge is 2.30. The molecule has 1 N–H and O–H groups in total. The molecule has 3 rings (SSSR count). The minimum atomic E-state index is -0.892. The summed E-state index contributed by atoms with van der Waals surface area (Å²) in [5, 5.41) is 19.0. The van der Waals surface area contributed by atoms with Crippen molar-refractivity contribution in [3.05, 3.63) is 36.0 Å². The van der Waals surface area contributed by atoms with Gasteiger partial charge in [-0.3, -0.25) is 0 Å². The molecule has 5 nitrogen and oxygen atoms in total. The van der Waals surface area contributed by atoms with E-state index in [9.17, 15) is 4.79 Å². The van der Waals surface area contributed by atoms with Crippen LogP contribution < -0.4 is 0 Å². The van der Waals surface area contributed by atoms with Gasteiger partial charge in [-0.05, 0) is 36.4 Å². The van der Waals surface area contributed by atoms with E-state index in [1.165, 1.54) is 0 Å². The van der Waals surface area contributed by atoms with Gasteiger partial charge in [-0.2, -0.15) is 5.26 Å². The van der Waals surface area contributed by atoms with E-state index in [2.05, 4.69) is 6.07 Å². The molecule has 2 unspecified atom stereocenters. The summed E-state index contributed by atoms with van der Waals surface area (Å²) < 4.78 is 7.54. The molecule has 102 valence electrons. The van der Waals surface area contributed by atoms with Crippen molar-refractivity contribution in [2.75, 3.05) is 0 Å². The Bertz CT molecular complexity index is 699. The minimum absolute atomic E-state index is 0.0857. The van der Waals surface area contributed by atoms with Gasteiger partial charge in [-0.25, -0.2) is 4.79 Å². The van der Waals surface area contributed by atoms with Crippen LogP contribution in [-0.4, -0.2) is 27.9 Å². The number of carboxylic acid groups (broad SMARTS) is 1. The number of nitrogens with zero attached hydrogens (tertiary/aromatic N) is 2. The topological polar surface area (TPSA) is 75.2 Å². The Kier molecular flexibility index (Phi) is 3.17. The van der Waals surface area contributed by atoms with Gasteiger partial charge >= 0.3 is 5.97 Å². The van der Waals surface area contributed by atoms with E-state index in [0.717, 1.165) is 17.3 Å². The molecule has 2 aromatic rings. The van der Waals surface area contributed by atoms with E-state index < -0.39 is 12.1 Å². The Hall–Kier alpha value is -2.32. The van der Waals surface area contributed by atoms with E-state index >= 15 is 0 Å². The van der Waals surface area contributed by atoms with Crippen LogP contribution in [0.1, 0.15) is 18.4 Å². The quantitative estimate of drug-likeness (QED) is 0.927. The van der Waals surface area contributed by atoms with Crippen molar-refractivity contribution in [3.8, 4) is 6.07 Å². The highest BCUT2D eigenvalue weighted by atomic mass is 16.5. The van der Waals surface area contributed by atoms with E-state index in [1.54, 1.807) is 6.07 Å². The molecule has 5 heteroatoms. The fourth-order valence-electron chi connectivity index (χ4n) is 2.65. The molecule has 0 amide bonds. The average molecular weight is 270 g/mol. The molecule has 1 aliphatic rings. The zero-order valence-corrected chi connectivity index (χ0v) is 10.8. The Morgan fingerprint density at radius 1 is 1.45 bits per heavy atom. The summed E-state index contributed by atoms with van der Waals surface area (Å²) in [7, 11) is 0. The minimum Gasteiger partial charge on any atom is -0.479 e. The average Bonchev–Trinajstić information content (AvgIpc) is 3.06. The predicted molar refractivity (Wildman–Crippen MR) is 72.2 cm³/mol. The van der Waals surface area contributed by atoms with Gasteiger partial charge in [0.15, 0.2) is 6.10 Å². The maximum Gasteiger partial charge on any atom is 0.332 e. The smallest absolute Gasteiger partial charge is 0.332 e. The molecule has 0 spiro atoms. The number of rotatable bonds is 3. The zero-order chi connectivity index (χ0) is 14.1. The highest BCUT2D eigenvalue weighted by Crippen LogP contribution is 2.24. The van der Waals surface area contributed by atoms with E-state index in [0.29, 0.717) is 18.5 Å². The van der Waals surface area contributed by atoms with Crippen LogP contribution >= 0.6 is 0 Å². The normalized spacial score (nSPS) is 21.9. The van der Waals surface area contributed by atoms with Gasteiger partial charge in [0.1, 0.15) is 0 Å². The molecule has 1 aliphatic heterocycles. The standard InChI is InChI=1S/C15H14N2O3/c16-8-10-1-2-11-5-6-17(13(11)7-10)9-12-3-4-14(20-12)15(18)19/h1-2,5-7,12,14H,3-4,9H2,(H,18,19). The van der Waals surface area contributed by atoms with Gasteiger partial charge in [0.25, 0.3) is 0 Å². The van der Waals surface area contributed by atoms with Gasteiger partial charge in [0, 0.05) is 18.3 Å². The van der Waals surface area contributed by atoms with Crippen LogP contribution in [0.4, 0.5) is 0 Å². The summed E-state index contributed by atoms with van der Waals surface area (Å²) in [6, 6.07) is 9.67. The van der Waals surface area contributed by atoms with Crippen molar-refractivity contribution >= 4 is 16.9 Å². The van der Waals surface area contributed by atoms with Crippen LogP contribution in [0.3, 0.4) is 0 Å². The molecular weight excluding hydrogens is 256 g/mol. The lowest BCUT2D eigenvalue weighted by Gasteiger charge is -2.13.